The van der Waals surface area contributed by atoms with Crippen LogP contribution in [0.1, 0.15) is 30.6 Å². The lowest BCUT2D eigenvalue weighted by atomic mass is 10.1. The predicted molar refractivity (Wildman–Crippen MR) is 69.9 cm³/mol. The first-order chi connectivity index (χ1) is 8.58. The molecular formula is C13H18N2O3. The van der Waals surface area contributed by atoms with E-state index < -0.39 is 0 Å². The van der Waals surface area contributed by atoms with Crippen LogP contribution in [0, 0.1) is 0 Å². The number of methoxy groups -OCH3 is 1. The number of carbonyl (C=O) groups is 2. The number of rotatable bonds is 5. The summed E-state index contributed by atoms with van der Waals surface area (Å²) in [5.41, 5.74) is 0.988. The van der Waals surface area contributed by atoms with E-state index in [2.05, 4.69) is 10.6 Å². The molecule has 2 N–H and O–H groups in total. The van der Waals surface area contributed by atoms with Crippen molar-refractivity contribution in [1.82, 2.24) is 5.32 Å². The Labute approximate surface area is 107 Å². The van der Waals surface area contributed by atoms with E-state index in [1.54, 1.807) is 18.2 Å². The quantitative estimate of drug-likeness (QED) is 0.837. The Morgan fingerprint density at radius 3 is 2.61 bits per heavy atom. The summed E-state index contributed by atoms with van der Waals surface area (Å²) in [6.45, 7) is 4.00. The molecule has 0 saturated carbocycles. The van der Waals surface area contributed by atoms with E-state index in [0.29, 0.717) is 23.5 Å². The minimum Gasteiger partial charge on any atom is -0.496 e. The third kappa shape index (κ3) is 3.76. The Hall–Kier alpha value is -2.04. The second-order valence-corrected chi connectivity index (χ2v) is 3.85. The largest absolute Gasteiger partial charge is 0.496 e. The van der Waals surface area contributed by atoms with E-state index in [1.807, 2.05) is 6.92 Å². The summed E-state index contributed by atoms with van der Waals surface area (Å²) in [5.74, 6) is 0.0960. The van der Waals surface area contributed by atoms with Gasteiger partial charge in [0.2, 0.25) is 5.91 Å². The highest BCUT2D eigenvalue weighted by Crippen LogP contribution is 2.22. The zero-order valence-electron chi connectivity index (χ0n) is 10.9. The molecule has 2 amide bonds. The Bertz CT molecular complexity index is 444. The topological polar surface area (TPSA) is 67.4 Å². The van der Waals surface area contributed by atoms with E-state index >= 15 is 0 Å². The van der Waals surface area contributed by atoms with Crippen molar-refractivity contribution in [2.45, 2.75) is 20.3 Å². The van der Waals surface area contributed by atoms with E-state index in [-0.39, 0.29) is 11.8 Å². The lowest BCUT2D eigenvalue weighted by molar-refractivity contribution is -0.114. The molecule has 0 heterocycles. The number of benzene rings is 1. The minimum atomic E-state index is -0.207. The first-order valence-corrected chi connectivity index (χ1v) is 5.82. The van der Waals surface area contributed by atoms with Gasteiger partial charge in [-0.1, -0.05) is 6.92 Å². The molecule has 5 heteroatoms. The summed E-state index contributed by atoms with van der Waals surface area (Å²) in [7, 11) is 1.50. The fourth-order valence-corrected chi connectivity index (χ4v) is 1.50. The number of hydrogen-bond donors (Lipinski definition) is 2. The fourth-order valence-electron chi connectivity index (χ4n) is 1.50. The second kappa shape index (κ2) is 6.64. The van der Waals surface area contributed by atoms with Gasteiger partial charge in [0.15, 0.2) is 0 Å². The molecule has 1 aromatic rings. The van der Waals surface area contributed by atoms with Gasteiger partial charge >= 0.3 is 0 Å². The molecule has 0 radical (unpaired) electrons. The Balaban J connectivity index is 2.97. The van der Waals surface area contributed by atoms with Crippen molar-refractivity contribution in [1.29, 1.82) is 0 Å². The highest BCUT2D eigenvalue weighted by Gasteiger charge is 2.12. The average Bonchev–Trinajstić information content (AvgIpc) is 2.35. The molecule has 0 aromatic heterocycles. The number of nitrogens with one attached hydrogen (secondary N) is 2. The minimum absolute atomic E-state index is 0.180. The van der Waals surface area contributed by atoms with Crippen molar-refractivity contribution >= 4 is 17.5 Å². The first kappa shape index (κ1) is 14.0. The third-order valence-corrected chi connectivity index (χ3v) is 2.30. The van der Waals surface area contributed by atoms with Gasteiger partial charge in [0.1, 0.15) is 5.75 Å². The monoisotopic (exact) mass is 250 g/mol. The smallest absolute Gasteiger partial charge is 0.255 e. The maximum Gasteiger partial charge on any atom is 0.255 e. The van der Waals surface area contributed by atoms with Crippen molar-refractivity contribution in [3.05, 3.63) is 23.8 Å². The van der Waals surface area contributed by atoms with Crippen molar-refractivity contribution in [2.24, 2.45) is 0 Å². The molecule has 18 heavy (non-hydrogen) atoms. The van der Waals surface area contributed by atoms with E-state index in [9.17, 15) is 9.59 Å². The Morgan fingerprint density at radius 1 is 1.33 bits per heavy atom. The van der Waals surface area contributed by atoms with Crippen LogP contribution in [-0.2, 0) is 4.79 Å². The highest BCUT2D eigenvalue weighted by molar-refractivity contribution is 5.99. The lowest BCUT2D eigenvalue weighted by Crippen LogP contribution is -2.24. The van der Waals surface area contributed by atoms with Crippen molar-refractivity contribution in [3.63, 3.8) is 0 Å². The van der Waals surface area contributed by atoms with Crippen molar-refractivity contribution in [2.75, 3.05) is 19.0 Å². The van der Waals surface area contributed by atoms with Crippen LogP contribution < -0.4 is 15.4 Å². The summed E-state index contributed by atoms with van der Waals surface area (Å²) in [6.07, 6.45) is 0.861. The number of hydrogen-bond acceptors (Lipinski definition) is 3. The molecule has 1 rings (SSSR count). The Morgan fingerprint density at radius 2 is 2.06 bits per heavy atom. The second-order valence-electron chi connectivity index (χ2n) is 3.85. The standard InChI is InChI=1S/C13H18N2O3/c1-4-7-14-13(17)11-8-10(15-9(2)16)5-6-12(11)18-3/h5-6,8H,4,7H2,1-3H3,(H,14,17)(H,15,16). The predicted octanol–water partition coefficient (Wildman–Crippen LogP) is 1.79. The SMILES string of the molecule is CCCNC(=O)c1cc(NC(C)=O)ccc1OC. The van der Waals surface area contributed by atoms with Crippen LogP contribution in [0.15, 0.2) is 18.2 Å². The number of carbonyl (C=O) groups excluding carboxylic acids is 2. The number of anilines is 1. The van der Waals surface area contributed by atoms with Gasteiger partial charge in [-0.25, -0.2) is 0 Å². The van der Waals surface area contributed by atoms with Gasteiger partial charge in [0.05, 0.1) is 12.7 Å². The molecule has 0 atom stereocenters. The van der Waals surface area contributed by atoms with Crippen LogP contribution in [0.4, 0.5) is 5.69 Å². The summed E-state index contributed by atoms with van der Waals surface area (Å²) in [6, 6.07) is 4.95. The van der Waals surface area contributed by atoms with E-state index in [4.69, 9.17) is 4.74 Å². The van der Waals surface area contributed by atoms with E-state index in [0.717, 1.165) is 6.42 Å². The third-order valence-electron chi connectivity index (χ3n) is 2.30. The summed E-state index contributed by atoms with van der Waals surface area (Å²) in [4.78, 5) is 22.9. The Kier molecular flexibility index (Phi) is 5.17. The molecular weight excluding hydrogens is 232 g/mol. The van der Waals surface area contributed by atoms with Gasteiger partial charge in [-0.15, -0.1) is 0 Å². The molecule has 0 unspecified atom stereocenters. The van der Waals surface area contributed by atoms with Gasteiger partial charge < -0.3 is 15.4 Å². The molecule has 0 aliphatic heterocycles. The molecule has 0 spiro atoms. The molecule has 1 aromatic carbocycles. The zero-order chi connectivity index (χ0) is 13.5. The van der Waals surface area contributed by atoms with Crippen LogP contribution in [0.2, 0.25) is 0 Å². The number of ether oxygens (including phenoxy) is 1. The van der Waals surface area contributed by atoms with E-state index in [1.165, 1.54) is 14.0 Å². The molecule has 5 nitrogen and oxygen atoms in total. The van der Waals surface area contributed by atoms with Crippen LogP contribution >= 0.6 is 0 Å². The molecule has 0 bridgehead atoms. The van der Waals surface area contributed by atoms with Crippen LogP contribution in [-0.4, -0.2) is 25.5 Å². The maximum absolute atomic E-state index is 11.9. The van der Waals surface area contributed by atoms with Gasteiger partial charge in [0, 0.05) is 19.2 Å². The van der Waals surface area contributed by atoms with Gasteiger partial charge in [-0.3, -0.25) is 9.59 Å². The van der Waals surface area contributed by atoms with Crippen molar-refractivity contribution in [3.8, 4) is 5.75 Å². The van der Waals surface area contributed by atoms with Gasteiger partial charge in [0.25, 0.3) is 5.91 Å². The fraction of sp³-hybridized carbons (Fsp3) is 0.385. The molecule has 0 aliphatic carbocycles. The van der Waals surface area contributed by atoms with Gasteiger partial charge in [-0.2, -0.15) is 0 Å². The lowest BCUT2D eigenvalue weighted by Gasteiger charge is -2.11. The maximum atomic E-state index is 11.9. The summed E-state index contributed by atoms with van der Waals surface area (Å²) >= 11 is 0. The summed E-state index contributed by atoms with van der Waals surface area (Å²) in [5, 5.41) is 5.41. The molecule has 0 fully saturated rings. The highest BCUT2D eigenvalue weighted by atomic mass is 16.5. The zero-order valence-corrected chi connectivity index (χ0v) is 10.9. The van der Waals surface area contributed by atoms with Crippen LogP contribution in [0.25, 0.3) is 0 Å². The van der Waals surface area contributed by atoms with Crippen LogP contribution in [0.3, 0.4) is 0 Å². The van der Waals surface area contributed by atoms with Gasteiger partial charge in [-0.05, 0) is 24.6 Å². The van der Waals surface area contributed by atoms with Crippen LogP contribution in [0.5, 0.6) is 5.75 Å². The normalized spacial score (nSPS) is 9.72. The number of amides is 2. The first-order valence-electron chi connectivity index (χ1n) is 5.82. The molecule has 98 valence electrons. The molecule has 0 aliphatic rings. The summed E-state index contributed by atoms with van der Waals surface area (Å²) < 4.78 is 5.13. The average molecular weight is 250 g/mol. The molecule has 0 saturated heterocycles. The van der Waals surface area contributed by atoms with Crippen molar-refractivity contribution < 1.29 is 14.3 Å².